The molecular formula is C28H28BrN3O3. The van der Waals surface area contributed by atoms with Crippen molar-refractivity contribution in [1.82, 2.24) is 9.66 Å². The second-order valence-electron chi connectivity index (χ2n) is 8.49. The summed E-state index contributed by atoms with van der Waals surface area (Å²) in [6.07, 6.45) is 2.48. The van der Waals surface area contributed by atoms with Crippen molar-refractivity contribution in [3.05, 3.63) is 98.0 Å². The molecule has 0 aliphatic heterocycles. The average molecular weight is 534 g/mol. The fraction of sp³-hybridized carbons (Fsp3) is 0.250. The lowest BCUT2D eigenvalue weighted by Gasteiger charge is -2.14. The summed E-state index contributed by atoms with van der Waals surface area (Å²) in [5, 5.41) is 5.05. The van der Waals surface area contributed by atoms with Gasteiger partial charge in [-0.15, -0.1) is 0 Å². The third-order valence-corrected chi connectivity index (χ3v) is 6.40. The van der Waals surface area contributed by atoms with Crippen molar-refractivity contribution in [3.63, 3.8) is 0 Å². The van der Waals surface area contributed by atoms with Crippen molar-refractivity contribution in [3.8, 4) is 11.5 Å². The van der Waals surface area contributed by atoms with Gasteiger partial charge in [-0.2, -0.15) is 9.78 Å². The molecule has 4 aromatic rings. The van der Waals surface area contributed by atoms with Gasteiger partial charge in [-0.1, -0.05) is 59.6 Å². The number of ether oxygens (including phenoxy) is 2. The molecule has 0 saturated heterocycles. The van der Waals surface area contributed by atoms with Gasteiger partial charge >= 0.3 is 0 Å². The summed E-state index contributed by atoms with van der Waals surface area (Å²) in [7, 11) is 1.60. The number of benzene rings is 3. The second-order valence-corrected chi connectivity index (χ2v) is 9.40. The molecule has 0 aliphatic carbocycles. The van der Waals surface area contributed by atoms with Crippen molar-refractivity contribution in [1.29, 1.82) is 0 Å². The molecule has 6 nitrogen and oxygen atoms in total. The number of aromatic nitrogens is 2. The first-order chi connectivity index (χ1) is 16.9. The monoisotopic (exact) mass is 533 g/mol. The van der Waals surface area contributed by atoms with E-state index in [1.807, 2.05) is 49.4 Å². The highest BCUT2D eigenvalue weighted by Crippen LogP contribution is 2.28. The molecule has 0 fully saturated rings. The van der Waals surface area contributed by atoms with E-state index in [1.165, 1.54) is 10.2 Å². The molecule has 0 unspecified atom stereocenters. The molecule has 180 valence electrons. The second kappa shape index (κ2) is 10.9. The number of hydrogen-bond donors (Lipinski definition) is 0. The van der Waals surface area contributed by atoms with E-state index in [4.69, 9.17) is 14.5 Å². The van der Waals surface area contributed by atoms with Gasteiger partial charge in [0.2, 0.25) is 0 Å². The van der Waals surface area contributed by atoms with E-state index in [0.29, 0.717) is 34.8 Å². The van der Waals surface area contributed by atoms with Crippen LogP contribution in [-0.2, 0) is 6.61 Å². The zero-order chi connectivity index (χ0) is 24.9. The molecule has 0 radical (unpaired) electrons. The van der Waals surface area contributed by atoms with E-state index in [9.17, 15) is 4.79 Å². The van der Waals surface area contributed by atoms with E-state index < -0.39 is 0 Å². The van der Waals surface area contributed by atoms with E-state index in [2.05, 4.69) is 47.0 Å². The predicted octanol–water partition coefficient (Wildman–Crippen LogP) is 6.45. The molecule has 0 aliphatic rings. The van der Waals surface area contributed by atoms with Gasteiger partial charge < -0.3 is 9.47 Å². The molecular weight excluding hydrogens is 506 g/mol. The minimum absolute atomic E-state index is 0.0694. The summed E-state index contributed by atoms with van der Waals surface area (Å²) in [5.41, 5.74) is 3.53. The van der Waals surface area contributed by atoms with Gasteiger partial charge in [0.1, 0.15) is 12.4 Å². The summed E-state index contributed by atoms with van der Waals surface area (Å²) >= 11 is 3.44. The summed E-state index contributed by atoms with van der Waals surface area (Å²) < 4.78 is 13.7. The third-order valence-electron chi connectivity index (χ3n) is 5.91. The fourth-order valence-electron chi connectivity index (χ4n) is 3.63. The normalized spacial score (nSPS) is 12.3. The Balaban J connectivity index is 1.64. The highest BCUT2D eigenvalue weighted by Gasteiger charge is 2.15. The molecule has 7 heteroatoms. The third kappa shape index (κ3) is 5.62. The molecule has 35 heavy (non-hydrogen) atoms. The number of nitrogens with zero attached hydrogens (tertiary/aromatic N) is 3. The Morgan fingerprint density at radius 2 is 1.86 bits per heavy atom. The Labute approximate surface area is 213 Å². The van der Waals surface area contributed by atoms with Crippen LogP contribution in [0.1, 0.15) is 48.7 Å². The minimum atomic E-state index is -0.201. The quantitative estimate of drug-likeness (QED) is 0.244. The zero-order valence-electron chi connectivity index (χ0n) is 20.3. The largest absolute Gasteiger partial charge is 0.493 e. The van der Waals surface area contributed by atoms with Crippen LogP contribution >= 0.6 is 15.9 Å². The molecule has 0 spiro atoms. The van der Waals surface area contributed by atoms with Crippen molar-refractivity contribution < 1.29 is 9.47 Å². The number of aryl methyl sites for hydroxylation is 1. The Bertz CT molecular complexity index is 1430. The van der Waals surface area contributed by atoms with Gasteiger partial charge in [0.25, 0.3) is 5.56 Å². The number of hydrogen-bond acceptors (Lipinski definition) is 5. The molecule has 1 atom stereocenters. The minimum Gasteiger partial charge on any atom is -0.493 e. The zero-order valence-corrected chi connectivity index (χ0v) is 21.9. The van der Waals surface area contributed by atoms with Crippen LogP contribution in [0.2, 0.25) is 0 Å². The maximum Gasteiger partial charge on any atom is 0.282 e. The van der Waals surface area contributed by atoms with Gasteiger partial charge in [-0.05, 0) is 60.9 Å². The lowest BCUT2D eigenvalue weighted by atomic mass is 10.1. The molecule has 4 rings (SSSR count). The van der Waals surface area contributed by atoms with Crippen LogP contribution in [0.25, 0.3) is 10.9 Å². The van der Waals surface area contributed by atoms with E-state index in [-0.39, 0.29) is 11.5 Å². The van der Waals surface area contributed by atoms with Gasteiger partial charge in [-0.25, -0.2) is 4.98 Å². The first-order valence-corrected chi connectivity index (χ1v) is 12.3. The smallest absolute Gasteiger partial charge is 0.282 e. The lowest BCUT2D eigenvalue weighted by Crippen LogP contribution is -2.23. The molecule has 0 amide bonds. The first kappa shape index (κ1) is 24.7. The topological polar surface area (TPSA) is 65.7 Å². The van der Waals surface area contributed by atoms with Crippen LogP contribution in [0.5, 0.6) is 11.5 Å². The van der Waals surface area contributed by atoms with Gasteiger partial charge in [0.15, 0.2) is 11.5 Å². The van der Waals surface area contributed by atoms with Crippen molar-refractivity contribution in [2.24, 2.45) is 5.10 Å². The summed E-state index contributed by atoms with van der Waals surface area (Å²) in [4.78, 5) is 18.1. The van der Waals surface area contributed by atoms with Gasteiger partial charge in [0, 0.05) is 10.4 Å². The van der Waals surface area contributed by atoms with Gasteiger partial charge in [0.05, 0.1) is 24.2 Å². The van der Waals surface area contributed by atoms with Crippen LogP contribution in [0.15, 0.2) is 75.0 Å². The summed E-state index contributed by atoms with van der Waals surface area (Å²) in [6, 6.07) is 19.3. The maximum atomic E-state index is 13.3. The highest BCUT2D eigenvalue weighted by atomic mass is 79.9. The average Bonchev–Trinajstić information content (AvgIpc) is 2.87. The van der Waals surface area contributed by atoms with Crippen LogP contribution in [0.3, 0.4) is 0 Å². The number of methoxy groups -OCH3 is 1. The van der Waals surface area contributed by atoms with E-state index >= 15 is 0 Å². The van der Waals surface area contributed by atoms with Gasteiger partial charge in [-0.3, -0.25) is 4.79 Å². The lowest BCUT2D eigenvalue weighted by molar-refractivity contribution is 0.284. The number of fused-ring (bicyclic) bond motifs is 1. The van der Waals surface area contributed by atoms with Crippen LogP contribution < -0.4 is 15.0 Å². The molecule has 3 aromatic carbocycles. The standard InChI is InChI=1S/C28H28BrN3O3/c1-5-19(3)27-31-24-12-11-22(29)15-23(24)28(33)32(27)30-16-21-10-13-25(26(14-21)34-4)35-17-20-8-6-18(2)7-9-20/h6-16,19H,5,17H2,1-4H3/t19-/m0/s1. The number of rotatable bonds is 8. The summed E-state index contributed by atoms with van der Waals surface area (Å²) in [6.45, 7) is 6.61. The Hall–Kier alpha value is -3.45. The maximum absolute atomic E-state index is 13.3. The predicted molar refractivity (Wildman–Crippen MR) is 144 cm³/mol. The summed E-state index contributed by atoms with van der Waals surface area (Å²) in [5.74, 6) is 1.93. The molecule has 0 saturated carbocycles. The Morgan fingerprint density at radius 1 is 1.09 bits per heavy atom. The molecule has 0 N–H and O–H groups in total. The van der Waals surface area contributed by atoms with Crippen LogP contribution in [-0.4, -0.2) is 23.0 Å². The molecule has 1 aromatic heterocycles. The van der Waals surface area contributed by atoms with Crippen molar-refractivity contribution >= 4 is 33.0 Å². The number of halogens is 1. The Kier molecular flexibility index (Phi) is 7.66. The van der Waals surface area contributed by atoms with Crippen LogP contribution in [0, 0.1) is 6.92 Å². The fourth-order valence-corrected chi connectivity index (χ4v) is 3.99. The van der Waals surface area contributed by atoms with E-state index in [1.54, 1.807) is 19.4 Å². The highest BCUT2D eigenvalue weighted by molar-refractivity contribution is 9.10. The van der Waals surface area contributed by atoms with E-state index in [0.717, 1.165) is 22.0 Å². The molecule has 0 bridgehead atoms. The SMILES string of the molecule is CC[C@H](C)c1nc2ccc(Br)cc2c(=O)n1N=Cc1ccc(OCc2ccc(C)cc2)c(OC)c1. The Morgan fingerprint density at radius 3 is 2.57 bits per heavy atom. The first-order valence-electron chi connectivity index (χ1n) is 11.5. The van der Waals surface area contributed by atoms with Crippen molar-refractivity contribution in [2.45, 2.75) is 39.7 Å². The molecule has 1 heterocycles. The van der Waals surface area contributed by atoms with Crippen molar-refractivity contribution in [2.75, 3.05) is 7.11 Å². The van der Waals surface area contributed by atoms with Crippen LogP contribution in [0.4, 0.5) is 0 Å².